The second kappa shape index (κ2) is 6.82. The highest BCUT2D eigenvalue weighted by atomic mass is 16.4. The molecule has 0 radical (unpaired) electrons. The van der Waals surface area contributed by atoms with E-state index in [0.29, 0.717) is 17.6 Å². The summed E-state index contributed by atoms with van der Waals surface area (Å²) in [6.07, 6.45) is 0.694. The normalized spacial score (nSPS) is 14.1. The minimum atomic E-state index is -0.400. The van der Waals surface area contributed by atoms with Crippen LogP contribution in [0.25, 0.3) is 22.1 Å². The van der Waals surface area contributed by atoms with Crippen molar-refractivity contribution >= 4 is 11.0 Å². The van der Waals surface area contributed by atoms with Gasteiger partial charge in [0.05, 0.1) is 5.56 Å². The summed E-state index contributed by atoms with van der Waals surface area (Å²) in [4.78, 5) is 13.2. The van der Waals surface area contributed by atoms with Gasteiger partial charge >= 0.3 is 5.63 Å². The van der Waals surface area contributed by atoms with Crippen LogP contribution in [0.4, 0.5) is 0 Å². The molecule has 4 aromatic carbocycles. The summed E-state index contributed by atoms with van der Waals surface area (Å²) in [5, 5.41) is 1.00. The minimum absolute atomic E-state index is 0.268. The fourth-order valence-electron chi connectivity index (χ4n) is 5.23. The summed E-state index contributed by atoms with van der Waals surface area (Å²) in [5.74, 6) is 0. The molecule has 31 heavy (non-hydrogen) atoms. The van der Waals surface area contributed by atoms with Crippen molar-refractivity contribution in [1.82, 2.24) is 0 Å². The molecule has 1 heterocycles. The van der Waals surface area contributed by atoms with E-state index in [-0.39, 0.29) is 5.63 Å². The summed E-state index contributed by atoms with van der Waals surface area (Å²) < 4.78 is 5.74. The molecule has 0 amide bonds. The molecule has 148 valence electrons. The molecule has 1 aliphatic carbocycles. The first-order valence-corrected chi connectivity index (χ1v) is 10.5. The Kier molecular flexibility index (Phi) is 3.94. The Balaban J connectivity index is 1.80. The Bertz CT molecular complexity index is 1420. The lowest BCUT2D eigenvalue weighted by Gasteiger charge is -2.41. The van der Waals surface area contributed by atoms with Gasteiger partial charge in [0, 0.05) is 10.8 Å². The first-order chi connectivity index (χ1) is 15.3. The van der Waals surface area contributed by atoms with Crippen LogP contribution in [0, 0.1) is 0 Å². The predicted molar refractivity (Wildman–Crippen MR) is 124 cm³/mol. The maximum Gasteiger partial charge on any atom is 0.344 e. The Morgan fingerprint density at radius 1 is 0.645 bits per heavy atom. The van der Waals surface area contributed by atoms with E-state index in [2.05, 4.69) is 84.9 Å². The zero-order chi connectivity index (χ0) is 20.8. The zero-order valence-corrected chi connectivity index (χ0v) is 16.9. The summed E-state index contributed by atoms with van der Waals surface area (Å²) >= 11 is 0. The molecule has 5 aromatic rings. The maximum atomic E-state index is 13.2. The maximum absolute atomic E-state index is 13.2. The van der Waals surface area contributed by atoms with Crippen LogP contribution in [0.1, 0.15) is 22.3 Å². The Labute approximate surface area is 180 Å². The van der Waals surface area contributed by atoms with Crippen LogP contribution in [0.15, 0.2) is 118 Å². The fraction of sp³-hybridized carbons (Fsp3) is 0.0690. The molecule has 1 aliphatic rings. The third kappa shape index (κ3) is 2.55. The van der Waals surface area contributed by atoms with E-state index in [1.807, 2.05) is 24.3 Å². The molecule has 0 saturated carbocycles. The Hall–Kier alpha value is -3.91. The van der Waals surface area contributed by atoms with Gasteiger partial charge in [-0.3, -0.25) is 0 Å². The second-order valence-corrected chi connectivity index (χ2v) is 8.10. The van der Waals surface area contributed by atoms with Gasteiger partial charge in [-0.25, -0.2) is 4.79 Å². The predicted octanol–water partition coefficient (Wildman–Crippen LogP) is 6.35. The number of hydrogen-bond acceptors (Lipinski definition) is 2. The molecule has 0 saturated heterocycles. The van der Waals surface area contributed by atoms with Crippen molar-refractivity contribution < 1.29 is 4.42 Å². The lowest BCUT2D eigenvalue weighted by molar-refractivity contribution is 0.549. The van der Waals surface area contributed by atoms with Gasteiger partial charge in [0.25, 0.3) is 0 Å². The summed E-state index contributed by atoms with van der Waals surface area (Å²) in [5.41, 5.74) is 6.25. The van der Waals surface area contributed by atoms with Crippen molar-refractivity contribution in [3.63, 3.8) is 0 Å². The molecule has 6 rings (SSSR count). The topological polar surface area (TPSA) is 30.2 Å². The number of fused-ring (bicyclic) bond motifs is 5. The molecule has 1 aromatic heterocycles. The number of benzene rings is 4. The third-order valence-electron chi connectivity index (χ3n) is 6.55. The van der Waals surface area contributed by atoms with E-state index in [1.54, 1.807) is 0 Å². The first-order valence-electron chi connectivity index (χ1n) is 10.5. The van der Waals surface area contributed by atoms with Gasteiger partial charge in [-0.1, -0.05) is 103 Å². The van der Waals surface area contributed by atoms with Crippen molar-refractivity contribution in [3.05, 3.63) is 142 Å². The minimum Gasteiger partial charge on any atom is -0.422 e. The van der Waals surface area contributed by atoms with Crippen molar-refractivity contribution in [3.8, 4) is 11.1 Å². The summed E-state index contributed by atoms with van der Waals surface area (Å²) in [7, 11) is 0. The molecule has 0 fully saturated rings. The first kappa shape index (κ1) is 17.9. The number of rotatable bonds is 2. The molecule has 0 bridgehead atoms. The zero-order valence-electron chi connectivity index (χ0n) is 16.9. The van der Waals surface area contributed by atoms with Gasteiger partial charge in [-0.15, -0.1) is 0 Å². The Morgan fingerprint density at radius 2 is 1.23 bits per heavy atom. The quantitative estimate of drug-likeness (QED) is 0.323. The molecule has 0 N–H and O–H groups in total. The lowest BCUT2D eigenvalue weighted by atomic mass is 9.61. The molecule has 2 nitrogen and oxygen atoms in total. The van der Waals surface area contributed by atoms with Crippen LogP contribution in [0.3, 0.4) is 0 Å². The Morgan fingerprint density at radius 3 is 1.94 bits per heavy atom. The lowest BCUT2D eigenvalue weighted by Crippen LogP contribution is -2.36. The van der Waals surface area contributed by atoms with Gasteiger partial charge in [-0.2, -0.15) is 0 Å². The van der Waals surface area contributed by atoms with Gasteiger partial charge in [0.15, 0.2) is 0 Å². The highest BCUT2D eigenvalue weighted by Crippen LogP contribution is 2.51. The van der Waals surface area contributed by atoms with Crippen LogP contribution >= 0.6 is 0 Å². The van der Waals surface area contributed by atoms with Gasteiger partial charge in [0.1, 0.15) is 5.58 Å². The molecule has 2 heteroatoms. The average molecular weight is 400 g/mol. The number of para-hydroxylation sites is 1. The smallest absolute Gasteiger partial charge is 0.344 e. The van der Waals surface area contributed by atoms with Crippen LogP contribution < -0.4 is 5.63 Å². The fourth-order valence-corrected chi connectivity index (χ4v) is 5.23. The van der Waals surface area contributed by atoms with E-state index in [1.165, 1.54) is 11.1 Å². The highest BCUT2D eigenvalue weighted by Gasteiger charge is 2.43. The van der Waals surface area contributed by atoms with E-state index in [4.69, 9.17) is 4.42 Å². The third-order valence-corrected chi connectivity index (χ3v) is 6.55. The number of hydrogen-bond donors (Lipinski definition) is 0. The summed E-state index contributed by atoms with van der Waals surface area (Å²) in [6.45, 7) is 0. The van der Waals surface area contributed by atoms with E-state index in [0.717, 1.165) is 22.1 Å². The van der Waals surface area contributed by atoms with Gasteiger partial charge in [0.2, 0.25) is 0 Å². The van der Waals surface area contributed by atoms with Gasteiger partial charge in [-0.05, 0) is 40.3 Å². The largest absolute Gasteiger partial charge is 0.422 e. The highest BCUT2D eigenvalue weighted by molar-refractivity contribution is 5.90. The molecular weight excluding hydrogens is 380 g/mol. The van der Waals surface area contributed by atoms with Crippen molar-refractivity contribution in [2.24, 2.45) is 0 Å². The van der Waals surface area contributed by atoms with E-state index < -0.39 is 5.41 Å². The van der Waals surface area contributed by atoms with Crippen LogP contribution in [-0.2, 0) is 11.8 Å². The average Bonchev–Trinajstić information content (AvgIpc) is 2.84. The van der Waals surface area contributed by atoms with Crippen LogP contribution in [-0.4, -0.2) is 0 Å². The monoisotopic (exact) mass is 400 g/mol. The SMILES string of the molecule is O=c1oc2ccccc2c2c1-c1ccccc1C(c1ccccc1)(c1ccccc1)C2. The molecule has 0 spiro atoms. The van der Waals surface area contributed by atoms with E-state index >= 15 is 0 Å². The summed E-state index contributed by atoms with van der Waals surface area (Å²) in [6, 6.07) is 37.4. The molecule has 0 aliphatic heterocycles. The van der Waals surface area contributed by atoms with Crippen molar-refractivity contribution in [1.29, 1.82) is 0 Å². The molecule has 0 unspecified atom stereocenters. The second-order valence-electron chi connectivity index (χ2n) is 8.10. The molecular formula is C29H20O2. The van der Waals surface area contributed by atoms with Crippen molar-refractivity contribution in [2.45, 2.75) is 11.8 Å². The van der Waals surface area contributed by atoms with Gasteiger partial charge < -0.3 is 4.42 Å². The van der Waals surface area contributed by atoms with Crippen molar-refractivity contribution in [2.75, 3.05) is 0 Å². The van der Waals surface area contributed by atoms with Crippen LogP contribution in [0.5, 0.6) is 0 Å². The standard InChI is InChI=1S/C29H20O2/c30-28-27-23-16-7-9-17-25(23)29(20-11-3-1-4-12-20,21-13-5-2-6-14-21)19-24(27)22-15-8-10-18-26(22)31-28/h1-18H,19H2. The van der Waals surface area contributed by atoms with E-state index in [9.17, 15) is 4.79 Å². The van der Waals surface area contributed by atoms with Crippen LogP contribution in [0.2, 0.25) is 0 Å². The molecule has 0 atom stereocenters.